The fourth-order valence-electron chi connectivity index (χ4n) is 0.931. The third kappa shape index (κ3) is 3.08. The Bertz CT molecular complexity index is 324. The van der Waals surface area contributed by atoms with Crippen molar-refractivity contribution in [2.24, 2.45) is 0 Å². The third-order valence-corrected chi connectivity index (χ3v) is 1.97. The van der Waals surface area contributed by atoms with Crippen molar-refractivity contribution in [1.82, 2.24) is 0 Å². The molecule has 0 bridgehead atoms. The van der Waals surface area contributed by atoms with Gasteiger partial charge in [-0.1, -0.05) is 25.4 Å². The van der Waals surface area contributed by atoms with Gasteiger partial charge in [-0.15, -0.1) is 0 Å². The van der Waals surface area contributed by atoms with E-state index in [0.717, 1.165) is 11.1 Å². The second-order valence-corrected chi connectivity index (χ2v) is 2.94. The van der Waals surface area contributed by atoms with Gasteiger partial charge in [0, 0.05) is 5.02 Å². The average Bonchev–Trinajstić information content (AvgIpc) is 2.14. The highest BCUT2D eigenvalue weighted by atomic mass is 35.5. The molecule has 13 heavy (non-hydrogen) atoms. The lowest BCUT2D eigenvalue weighted by atomic mass is 10.0. The van der Waals surface area contributed by atoms with E-state index in [0.29, 0.717) is 10.6 Å². The maximum absolute atomic E-state index is 8.66. The Morgan fingerprint density at radius 3 is 2.23 bits per heavy atom. The molecule has 0 aliphatic heterocycles. The number of hydrogen-bond donors (Lipinski definition) is 0. The maximum atomic E-state index is 8.66. The van der Waals surface area contributed by atoms with Crippen LogP contribution in [-0.4, -0.2) is 0 Å². The molecular weight excluding hydrogens is 182 g/mol. The first-order valence-electron chi connectivity index (χ1n) is 4.32. The molecule has 0 aliphatic carbocycles. The summed E-state index contributed by atoms with van der Waals surface area (Å²) in [5, 5.41) is 9.29. The highest BCUT2D eigenvalue weighted by Gasteiger charge is 2.01. The molecule has 2 heteroatoms. The van der Waals surface area contributed by atoms with E-state index in [1.165, 1.54) is 0 Å². The molecule has 0 aromatic heterocycles. The van der Waals surface area contributed by atoms with Crippen LogP contribution in [0, 0.1) is 25.2 Å². The fraction of sp³-hybridized carbons (Fsp3) is 0.364. The monoisotopic (exact) mass is 195 g/mol. The van der Waals surface area contributed by atoms with E-state index in [-0.39, 0.29) is 0 Å². The van der Waals surface area contributed by atoms with E-state index in [1.807, 2.05) is 33.8 Å². The Balaban J connectivity index is 0.000000671. The molecular formula is C11H14ClN. The van der Waals surface area contributed by atoms with Crippen LogP contribution in [0.2, 0.25) is 5.02 Å². The molecule has 0 atom stereocenters. The number of halogens is 1. The van der Waals surface area contributed by atoms with Gasteiger partial charge in [0.1, 0.15) is 0 Å². The van der Waals surface area contributed by atoms with E-state index >= 15 is 0 Å². The number of nitriles is 1. The van der Waals surface area contributed by atoms with E-state index < -0.39 is 0 Å². The molecule has 0 aliphatic rings. The summed E-state index contributed by atoms with van der Waals surface area (Å²) >= 11 is 5.75. The van der Waals surface area contributed by atoms with Crippen LogP contribution in [0.5, 0.6) is 0 Å². The number of aryl methyl sites for hydroxylation is 1. The molecule has 0 saturated heterocycles. The summed E-state index contributed by atoms with van der Waals surface area (Å²) in [4.78, 5) is 0. The predicted molar refractivity (Wildman–Crippen MR) is 57.0 cm³/mol. The lowest BCUT2D eigenvalue weighted by Gasteiger charge is -2.01. The Morgan fingerprint density at radius 2 is 1.77 bits per heavy atom. The summed E-state index contributed by atoms with van der Waals surface area (Å²) in [6, 6.07) is 5.64. The summed E-state index contributed by atoms with van der Waals surface area (Å²) in [6.45, 7) is 7.87. The zero-order valence-corrected chi connectivity index (χ0v) is 9.24. The van der Waals surface area contributed by atoms with Gasteiger partial charge in [0.05, 0.1) is 11.6 Å². The molecule has 0 radical (unpaired) electrons. The maximum Gasteiger partial charge on any atom is 0.0995 e. The number of nitrogens with zero attached hydrogens (tertiary/aromatic N) is 1. The van der Waals surface area contributed by atoms with E-state index in [4.69, 9.17) is 16.9 Å². The van der Waals surface area contributed by atoms with Gasteiger partial charge in [-0.3, -0.25) is 0 Å². The van der Waals surface area contributed by atoms with Gasteiger partial charge >= 0.3 is 0 Å². The standard InChI is InChI=1S/C9H8ClN.C2H6/c1-6-3-9(10)4-8(5-11)7(6)2;1-2/h3-4H,1-2H3;1-2H3. The Hall–Kier alpha value is -1.00. The first kappa shape index (κ1) is 12.0. The van der Waals surface area contributed by atoms with Gasteiger partial charge in [-0.2, -0.15) is 5.26 Å². The quantitative estimate of drug-likeness (QED) is 0.617. The summed E-state index contributed by atoms with van der Waals surface area (Å²) < 4.78 is 0. The Morgan fingerprint density at radius 1 is 1.23 bits per heavy atom. The highest BCUT2D eigenvalue weighted by molar-refractivity contribution is 6.30. The van der Waals surface area contributed by atoms with E-state index in [9.17, 15) is 0 Å². The van der Waals surface area contributed by atoms with Crippen LogP contribution in [0.1, 0.15) is 30.5 Å². The van der Waals surface area contributed by atoms with Crippen LogP contribution in [0.4, 0.5) is 0 Å². The highest BCUT2D eigenvalue weighted by Crippen LogP contribution is 2.18. The smallest absolute Gasteiger partial charge is 0.0995 e. The van der Waals surface area contributed by atoms with Gasteiger partial charge < -0.3 is 0 Å². The van der Waals surface area contributed by atoms with Crippen molar-refractivity contribution in [3.63, 3.8) is 0 Å². The second kappa shape index (κ2) is 5.61. The lowest BCUT2D eigenvalue weighted by Crippen LogP contribution is -1.86. The predicted octanol–water partition coefficient (Wildman–Crippen LogP) is 3.85. The van der Waals surface area contributed by atoms with Crippen molar-refractivity contribution in [2.75, 3.05) is 0 Å². The van der Waals surface area contributed by atoms with Crippen LogP contribution >= 0.6 is 11.6 Å². The number of hydrogen-bond acceptors (Lipinski definition) is 1. The zero-order chi connectivity index (χ0) is 10.4. The van der Waals surface area contributed by atoms with Gasteiger partial charge in [0.25, 0.3) is 0 Å². The van der Waals surface area contributed by atoms with E-state index in [2.05, 4.69) is 6.07 Å². The number of rotatable bonds is 0. The van der Waals surface area contributed by atoms with Crippen molar-refractivity contribution in [3.05, 3.63) is 33.8 Å². The van der Waals surface area contributed by atoms with Crippen molar-refractivity contribution >= 4 is 11.6 Å². The van der Waals surface area contributed by atoms with E-state index in [1.54, 1.807) is 6.07 Å². The zero-order valence-electron chi connectivity index (χ0n) is 8.48. The van der Waals surface area contributed by atoms with Crippen LogP contribution in [0.3, 0.4) is 0 Å². The molecule has 1 aromatic rings. The topological polar surface area (TPSA) is 23.8 Å². The molecule has 0 amide bonds. The summed E-state index contributed by atoms with van der Waals surface area (Å²) in [5.41, 5.74) is 2.74. The molecule has 0 unspecified atom stereocenters. The molecule has 0 heterocycles. The van der Waals surface area contributed by atoms with Crippen molar-refractivity contribution in [1.29, 1.82) is 5.26 Å². The molecule has 1 aromatic carbocycles. The normalized spacial score (nSPS) is 8.31. The second-order valence-electron chi connectivity index (χ2n) is 2.51. The van der Waals surface area contributed by atoms with Gasteiger partial charge in [-0.05, 0) is 37.1 Å². The van der Waals surface area contributed by atoms with Crippen LogP contribution in [0.25, 0.3) is 0 Å². The SMILES string of the molecule is CC.Cc1cc(Cl)cc(C#N)c1C. The van der Waals surface area contributed by atoms with Crippen LogP contribution < -0.4 is 0 Å². The number of benzene rings is 1. The Labute approximate surface area is 85.0 Å². The summed E-state index contributed by atoms with van der Waals surface area (Å²) in [5.74, 6) is 0. The summed E-state index contributed by atoms with van der Waals surface area (Å²) in [6.07, 6.45) is 0. The fourth-order valence-corrected chi connectivity index (χ4v) is 1.20. The van der Waals surface area contributed by atoms with Crippen LogP contribution in [0.15, 0.2) is 12.1 Å². The van der Waals surface area contributed by atoms with Gasteiger partial charge in [0.15, 0.2) is 0 Å². The van der Waals surface area contributed by atoms with Gasteiger partial charge in [0.2, 0.25) is 0 Å². The molecule has 70 valence electrons. The molecule has 0 saturated carbocycles. The molecule has 1 nitrogen and oxygen atoms in total. The van der Waals surface area contributed by atoms with Crippen molar-refractivity contribution in [2.45, 2.75) is 27.7 Å². The largest absolute Gasteiger partial charge is 0.192 e. The molecule has 0 fully saturated rings. The minimum absolute atomic E-state index is 0.629. The minimum atomic E-state index is 0.629. The molecule has 0 spiro atoms. The third-order valence-electron chi connectivity index (χ3n) is 1.75. The molecule has 1 rings (SSSR count). The molecule has 0 N–H and O–H groups in total. The first-order chi connectivity index (χ1) is 6.15. The van der Waals surface area contributed by atoms with Crippen molar-refractivity contribution in [3.8, 4) is 6.07 Å². The summed E-state index contributed by atoms with van der Waals surface area (Å²) in [7, 11) is 0. The minimum Gasteiger partial charge on any atom is -0.192 e. The average molecular weight is 196 g/mol. The van der Waals surface area contributed by atoms with Crippen molar-refractivity contribution < 1.29 is 0 Å². The Kier molecular flexibility index (Phi) is 5.18. The van der Waals surface area contributed by atoms with Crippen LogP contribution in [-0.2, 0) is 0 Å². The van der Waals surface area contributed by atoms with Gasteiger partial charge in [-0.25, -0.2) is 0 Å². The first-order valence-corrected chi connectivity index (χ1v) is 4.70. The lowest BCUT2D eigenvalue weighted by molar-refractivity contribution is 1.31.